The van der Waals surface area contributed by atoms with E-state index in [0.717, 1.165) is 30.5 Å². The highest BCUT2D eigenvalue weighted by atomic mass is 16.3. The molecule has 0 bridgehead atoms. The second kappa shape index (κ2) is 19.0. The predicted molar refractivity (Wildman–Crippen MR) is 153 cm³/mol. The Morgan fingerprint density at radius 3 is 1.74 bits per heavy atom. The van der Waals surface area contributed by atoms with Crippen LogP contribution in [0.25, 0.3) is 0 Å². The highest BCUT2D eigenvalue weighted by Gasteiger charge is 2.41. The predicted octanol–water partition coefficient (Wildman–Crippen LogP) is 8.84. The van der Waals surface area contributed by atoms with Crippen molar-refractivity contribution in [3.63, 3.8) is 0 Å². The van der Waals surface area contributed by atoms with Crippen LogP contribution in [0.3, 0.4) is 0 Å². The smallest absolute Gasteiger partial charge is 0.198 e. The van der Waals surface area contributed by atoms with Crippen LogP contribution in [0.2, 0.25) is 0 Å². The maximum absolute atomic E-state index is 9.82. The molecule has 1 heterocycles. The summed E-state index contributed by atoms with van der Waals surface area (Å²) in [4.78, 5) is 5.16. The summed E-state index contributed by atoms with van der Waals surface area (Å²) in [5, 5.41) is 9.82. The molecule has 3 heteroatoms. The Hall–Kier alpha value is -1.19. The summed E-state index contributed by atoms with van der Waals surface area (Å²) in [7, 11) is 0. The molecule has 2 atom stereocenters. The summed E-state index contributed by atoms with van der Waals surface area (Å²) in [6, 6.07) is 11.2. The molecule has 0 spiro atoms. The molecule has 1 aliphatic heterocycles. The lowest BCUT2D eigenvalue weighted by molar-refractivity contribution is -0.852. The van der Waals surface area contributed by atoms with Gasteiger partial charge in [-0.05, 0) is 6.42 Å². The normalized spacial score (nSPS) is 19.9. The summed E-state index contributed by atoms with van der Waals surface area (Å²) in [6.45, 7) is 7.57. The number of aliphatic hydroxyl groups is 1. The molecule has 0 amide bonds. The monoisotopic (exact) mass is 485 g/mol. The molecule has 0 fully saturated rings. The van der Waals surface area contributed by atoms with Crippen LogP contribution in [0, 0.1) is 0 Å². The zero-order valence-electron chi connectivity index (χ0n) is 23.4. The number of hydrogen-bond donors (Lipinski definition) is 1. The van der Waals surface area contributed by atoms with Crippen molar-refractivity contribution in [2.45, 2.75) is 142 Å². The first-order valence-electron chi connectivity index (χ1n) is 15.3. The zero-order chi connectivity index (χ0) is 25.0. The van der Waals surface area contributed by atoms with Gasteiger partial charge in [0.2, 0.25) is 0 Å². The van der Waals surface area contributed by atoms with Gasteiger partial charge in [-0.3, -0.25) is 4.48 Å². The third-order valence-corrected chi connectivity index (χ3v) is 8.00. The van der Waals surface area contributed by atoms with E-state index in [1.54, 1.807) is 0 Å². The largest absolute Gasteiger partial charge is 0.390 e. The number of amidine groups is 1. The first-order valence-corrected chi connectivity index (χ1v) is 15.3. The fourth-order valence-corrected chi connectivity index (χ4v) is 5.97. The molecule has 2 rings (SSSR count). The van der Waals surface area contributed by atoms with Crippen LogP contribution in [0.4, 0.5) is 0 Å². The van der Waals surface area contributed by atoms with Gasteiger partial charge in [-0.15, -0.1) is 0 Å². The van der Waals surface area contributed by atoms with Crippen molar-refractivity contribution in [2.24, 2.45) is 4.99 Å². The van der Waals surface area contributed by atoms with Gasteiger partial charge in [0, 0.05) is 12.0 Å². The van der Waals surface area contributed by atoms with Crippen LogP contribution < -0.4 is 0 Å². The van der Waals surface area contributed by atoms with Gasteiger partial charge in [-0.2, -0.15) is 0 Å². The van der Waals surface area contributed by atoms with E-state index in [-0.39, 0.29) is 6.61 Å². The van der Waals surface area contributed by atoms with Crippen molar-refractivity contribution in [1.29, 1.82) is 0 Å². The molecule has 0 aromatic heterocycles. The molecule has 0 radical (unpaired) electrons. The van der Waals surface area contributed by atoms with E-state index in [1.807, 2.05) is 0 Å². The Morgan fingerprint density at radius 2 is 1.26 bits per heavy atom. The number of unbranched alkanes of at least 4 members (excludes halogenated alkanes) is 15. The number of aliphatic imine (C=N–C) groups is 1. The molecular weight excluding hydrogens is 428 g/mol. The molecule has 3 nitrogen and oxygen atoms in total. The molecule has 0 saturated heterocycles. The number of hydrogen-bond acceptors (Lipinski definition) is 2. The van der Waals surface area contributed by atoms with Gasteiger partial charge >= 0.3 is 0 Å². The van der Waals surface area contributed by atoms with Crippen LogP contribution in [-0.4, -0.2) is 41.2 Å². The SMILES string of the molecule is CCCCCCCCCCCCCCCCCCC1C[N+](CCO)(Cc2ccccc2)C(CC)=N1. The minimum atomic E-state index is 0.234. The van der Waals surface area contributed by atoms with Crippen molar-refractivity contribution >= 4 is 5.84 Å². The zero-order valence-corrected chi connectivity index (χ0v) is 23.4. The van der Waals surface area contributed by atoms with Crippen LogP contribution in [-0.2, 0) is 6.54 Å². The standard InChI is InChI=1S/C32H57N2O/c1-3-5-6-7-8-9-10-11-12-13-14-15-16-17-18-22-25-31-29-34(26-27-35,32(4-2)33-31)28-30-23-20-19-21-24-30/h19-21,23-24,31,35H,3-18,22,25-29H2,1-2H3/q+1. The summed E-state index contributed by atoms with van der Waals surface area (Å²) in [5.74, 6) is 1.30. The molecule has 1 N–H and O–H groups in total. The van der Waals surface area contributed by atoms with Crippen molar-refractivity contribution in [2.75, 3.05) is 19.7 Å². The fraction of sp³-hybridized carbons (Fsp3) is 0.781. The molecule has 35 heavy (non-hydrogen) atoms. The van der Waals surface area contributed by atoms with Gasteiger partial charge in [0.05, 0.1) is 6.61 Å². The molecule has 200 valence electrons. The van der Waals surface area contributed by atoms with Gasteiger partial charge in [0.15, 0.2) is 5.84 Å². The van der Waals surface area contributed by atoms with Crippen molar-refractivity contribution in [1.82, 2.24) is 0 Å². The second-order valence-corrected chi connectivity index (χ2v) is 11.1. The highest BCUT2D eigenvalue weighted by molar-refractivity contribution is 5.77. The van der Waals surface area contributed by atoms with E-state index in [2.05, 4.69) is 44.2 Å². The molecule has 2 unspecified atom stereocenters. The Balaban J connectivity index is 1.52. The molecule has 1 aliphatic rings. The topological polar surface area (TPSA) is 32.6 Å². The average Bonchev–Trinajstić information content (AvgIpc) is 3.21. The van der Waals surface area contributed by atoms with Crippen molar-refractivity contribution in [3.8, 4) is 0 Å². The summed E-state index contributed by atoms with van der Waals surface area (Å²) in [6.07, 6.45) is 24.9. The minimum Gasteiger partial charge on any atom is -0.390 e. The third-order valence-electron chi connectivity index (χ3n) is 8.00. The van der Waals surface area contributed by atoms with Gasteiger partial charge in [-0.25, -0.2) is 4.99 Å². The van der Waals surface area contributed by atoms with Crippen molar-refractivity contribution < 1.29 is 9.59 Å². The lowest BCUT2D eigenvalue weighted by atomic mass is 10.0. The number of rotatable bonds is 22. The first-order chi connectivity index (χ1) is 17.2. The number of nitrogens with zero attached hydrogens (tertiary/aromatic N) is 2. The molecular formula is C32H57N2O+. The number of benzene rings is 1. The van der Waals surface area contributed by atoms with Gasteiger partial charge in [0.1, 0.15) is 25.7 Å². The van der Waals surface area contributed by atoms with Gasteiger partial charge in [0.25, 0.3) is 0 Å². The Bertz CT molecular complexity index is 659. The molecule has 0 saturated carbocycles. The summed E-state index contributed by atoms with van der Waals surface area (Å²) >= 11 is 0. The fourth-order valence-electron chi connectivity index (χ4n) is 5.97. The molecule has 0 aliphatic carbocycles. The van der Waals surface area contributed by atoms with Crippen LogP contribution in [0.15, 0.2) is 35.3 Å². The van der Waals surface area contributed by atoms with Gasteiger partial charge in [-0.1, -0.05) is 147 Å². The van der Waals surface area contributed by atoms with E-state index in [9.17, 15) is 5.11 Å². The van der Waals surface area contributed by atoms with E-state index < -0.39 is 0 Å². The Labute approximate surface area is 218 Å². The van der Waals surface area contributed by atoms with E-state index >= 15 is 0 Å². The van der Waals surface area contributed by atoms with E-state index in [4.69, 9.17) is 4.99 Å². The quantitative estimate of drug-likeness (QED) is 0.129. The van der Waals surface area contributed by atoms with Crippen LogP contribution >= 0.6 is 0 Å². The second-order valence-electron chi connectivity index (χ2n) is 11.1. The Morgan fingerprint density at radius 1 is 0.743 bits per heavy atom. The van der Waals surface area contributed by atoms with E-state index in [0.29, 0.717) is 6.04 Å². The maximum Gasteiger partial charge on any atom is 0.198 e. The Kier molecular flexibility index (Phi) is 16.3. The minimum absolute atomic E-state index is 0.234. The van der Waals surface area contributed by atoms with E-state index in [1.165, 1.54) is 121 Å². The lowest BCUT2D eigenvalue weighted by Gasteiger charge is -2.34. The molecule has 1 aromatic rings. The molecule has 1 aromatic carbocycles. The number of aliphatic hydroxyl groups excluding tert-OH is 1. The summed E-state index contributed by atoms with van der Waals surface area (Å²) in [5.41, 5.74) is 1.35. The van der Waals surface area contributed by atoms with Gasteiger partial charge < -0.3 is 5.11 Å². The van der Waals surface area contributed by atoms with Crippen LogP contribution in [0.5, 0.6) is 0 Å². The maximum atomic E-state index is 9.82. The first kappa shape index (κ1) is 30.0. The lowest BCUT2D eigenvalue weighted by Crippen LogP contribution is -2.52. The third kappa shape index (κ3) is 12.1. The summed E-state index contributed by atoms with van der Waals surface area (Å²) < 4.78 is 0.862. The van der Waals surface area contributed by atoms with Crippen molar-refractivity contribution in [3.05, 3.63) is 35.9 Å². The van der Waals surface area contributed by atoms with Crippen LogP contribution in [0.1, 0.15) is 135 Å². The number of quaternary nitrogens is 1. The highest BCUT2D eigenvalue weighted by Crippen LogP contribution is 2.28. The average molecular weight is 486 g/mol.